The summed E-state index contributed by atoms with van der Waals surface area (Å²) in [6, 6.07) is 16.0. The second-order valence-electron chi connectivity index (χ2n) is 9.80. The topological polar surface area (TPSA) is 74.2 Å². The van der Waals surface area contributed by atoms with Crippen molar-refractivity contribution in [2.24, 2.45) is 4.99 Å². The number of hydrogen-bond donors (Lipinski definition) is 1. The molecule has 184 valence electrons. The second-order valence-corrected chi connectivity index (χ2v) is 9.80. The van der Waals surface area contributed by atoms with E-state index >= 15 is 0 Å². The molecule has 1 aliphatic carbocycles. The van der Waals surface area contributed by atoms with Gasteiger partial charge < -0.3 is 14.5 Å². The van der Waals surface area contributed by atoms with Crippen molar-refractivity contribution < 1.29 is 14.3 Å². The monoisotopic (exact) mass is 474 g/mol. The van der Waals surface area contributed by atoms with Crippen LogP contribution in [0.5, 0.6) is 5.75 Å². The lowest BCUT2D eigenvalue weighted by Gasteiger charge is -2.31. The zero-order valence-electron chi connectivity index (χ0n) is 20.4. The number of rotatable bonds is 8. The Labute approximate surface area is 207 Å². The fourth-order valence-corrected chi connectivity index (χ4v) is 5.32. The largest absolute Gasteiger partial charge is 0.494 e. The first-order valence-electron chi connectivity index (χ1n) is 12.8. The van der Waals surface area contributed by atoms with E-state index in [4.69, 9.17) is 4.74 Å². The number of carbonyl (C=O) groups is 2. The molecule has 2 aliphatic heterocycles. The van der Waals surface area contributed by atoms with Gasteiger partial charge in [0.05, 0.1) is 12.3 Å². The van der Waals surface area contributed by atoms with Crippen LogP contribution in [-0.2, 0) is 22.6 Å². The zero-order chi connectivity index (χ0) is 24.2. The lowest BCUT2D eigenvalue weighted by molar-refractivity contribution is -0.132. The maximum atomic E-state index is 12.7. The van der Waals surface area contributed by atoms with Crippen molar-refractivity contribution in [1.29, 1.82) is 0 Å². The fraction of sp³-hybridized carbons (Fsp3) is 0.464. The molecule has 2 aromatic rings. The van der Waals surface area contributed by atoms with E-state index in [9.17, 15) is 9.59 Å². The lowest BCUT2D eigenvalue weighted by atomic mass is 9.94. The molecule has 2 aromatic carbocycles. The molecule has 1 N–H and O–H groups in total. The molecule has 0 radical (unpaired) electrons. The van der Waals surface area contributed by atoms with E-state index in [1.165, 1.54) is 19.3 Å². The summed E-state index contributed by atoms with van der Waals surface area (Å²) in [5, 5.41) is 2.94. The smallest absolute Gasteiger partial charge is 0.249 e. The Balaban J connectivity index is 1.15. The molecule has 7 nitrogen and oxygen atoms in total. The van der Waals surface area contributed by atoms with E-state index in [2.05, 4.69) is 10.3 Å². The zero-order valence-corrected chi connectivity index (χ0v) is 20.4. The third-order valence-electron chi connectivity index (χ3n) is 7.40. The van der Waals surface area contributed by atoms with E-state index in [-0.39, 0.29) is 17.9 Å². The van der Waals surface area contributed by atoms with Gasteiger partial charge >= 0.3 is 0 Å². The molecule has 0 spiro atoms. The summed E-state index contributed by atoms with van der Waals surface area (Å²) in [7, 11) is 1.94. The number of guanidine groups is 1. The Kier molecular flexibility index (Phi) is 7.02. The van der Waals surface area contributed by atoms with Gasteiger partial charge in [0.1, 0.15) is 11.8 Å². The molecule has 7 heteroatoms. The maximum absolute atomic E-state index is 12.7. The summed E-state index contributed by atoms with van der Waals surface area (Å²) in [5.41, 5.74) is 3.02. The van der Waals surface area contributed by atoms with Crippen molar-refractivity contribution in [2.75, 3.05) is 13.7 Å². The number of amides is 2. The highest BCUT2D eigenvalue weighted by molar-refractivity contribution is 6.07. The van der Waals surface area contributed by atoms with Crippen LogP contribution in [0.2, 0.25) is 0 Å². The third kappa shape index (κ3) is 5.34. The van der Waals surface area contributed by atoms with Crippen LogP contribution < -0.4 is 10.1 Å². The summed E-state index contributed by atoms with van der Waals surface area (Å²) in [6.45, 7) is 1.10. The Bertz CT molecular complexity index is 1090. The van der Waals surface area contributed by atoms with E-state index < -0.39 is 0 Å². The summed E-state index contributed by atoms with van der Waals surface area (Å²) < 4.78 is 5.98. The summed E-state index contributed by atoms with van der Waals surface area (Å²) in [4.78, 5) is 33.9. The minimum atomic E-state index is -0.277. The number of hydrogen-bond acceptors (Lipinski definition) is 5. The quantitative estimate of drug-likeness (QED) is 0.583. The van der Waals surface area contributed by atoms with Crippen molar-refractivity contribution in [3.63, 3.8) is 0 Å². The molecule has 1 saturated heterocycles. The first-order valence-corrected chi connectivity index (χ1v) is 12.8. The minimum absolute atomic E-state index is 0.0141. The molecule has 2 amide bonds. The predicted octanol–water partition coefficient (Wildman–Crippen LogP) is 4.18. The van der Waals surface area contributed by atoms with Crippen LogP contribution in [0.3, 0.4) is 0 Å². The highest BCUT2D eigenvalue weighted by Gasteiger charge is 2.39. The van der Waals surface area contributed by atoms with Crippen LogP contribution in [0.1, 0.15) is 56.1 Å². The minimum Gasteiger partial charge on any atom is -0.494 e. The second kappa shape index (κ2) is 10.5. The molecule has 5 rings (SSSR count). The van der Waals surface area contributed by atoms with Crippen molar-refractivity contribution in [2.45, 2.75) is 70.0 Å². The van der Waals surface area contributed by atoms with Gasteiger partial charge in [0, 0.05) is 38.0 Å². The number of fused-ring (bicyclic) bond motifs is 2. The first kappa shape index (κ1) is 23.4. The third-order valence-corrected chi connectivity index (χ3v) is 7.40. The van der Waals surface area contributed by atoms with Crippen LogP contribution >= 0.6 is 0 Å². The molecule has 1 saturated carbocycles. The van der Waals surface area contributed by atoms with Crippen LogP contribution in [0, 0.1) is 0 Å². The van der Waals surface area contributed by atoms with E-state index in [0.29, 0.717) is 44.4 Å². The molecule has 2 fully saturated rings. The van der Waals surface area contributed by atoms with Crippen molar-refractivity contribution in [3.05, 3.63) is 59.7 Å². The first-order chi connectivity index (χ1) is 17.1. The molecule has 2 heterocycles. The van der Waals surface area contributed by atoms with Gasteiger partial charge in [-0.25, -0.2) is 4.99 Å². The predicted molar refractivity (Wildman–Crippen MR) is 136 cm³/mol. The van der Waals surface area contributed by atoms with Gasteiger partial charge in [0.25, 0.3) is 0 Å². The molecule has 0 unspecified atom stereocenters. The number of benzene rings is 2. The van der Waals surface area contributed by atoms with Crippen LogP contribution in [0.25, 0.3) is 0 Å². The van der Waals surface area contributed by atoms with Gasteiger partial charge in [-0.3, -0.25) is 14.9 Å². The van der Waals surface area contributed by atoms with Gasteiger partial charge in [-0.2, -0.15) is 0 Å². The number of carbonyl (C=O) groups excluding carboxylic acids is 2. The van der Waals surface area contributed by atoms with Gasteiger partial charge in [-0.15, -0.1) is 0 Å². The highest BCUT2D eigenvalue weighted by atomic mass is 16.5. The fourth-order valence-electron chi connectivity index (χ4n) is 5.32. The Morgan fingerprint density at radius 1 is 1.14 bits per heavy atom. The van der Waals surface area contributed by atoms with Gasteiger partial charge in [0.15, 0.2) is 0 Å². The molecular formula is C28H34N4O3. The summed E-state index contributed by atoms with van der Waals surface area (Å²) in [6.07, 6.45) is 7.84. The SMILES string of the molecule is CN(C(=O)CCCOc1ccc2c(c1)CN1C(=N2)NC(=O)[C@H]1Cc1ccccc1)C1CCCCC1. The van der Waals surface area contributed by atoms with Gasteiger partial charge in [-0.05, 0) is 43.0 Å². The van der Waals surface area contributed by atoms with Crippen LogP contribution in [0.4, 0.5) is 5.69 Å². The Morgan fingerprint density at radius 3 is 2.74 bits per heavy atom. The molecule has 35 heavy (non-hydrogen) atoms. The van der Waals surface area contributed by atoms with E-state index in [0.717, 1.165) is 35.4 Å². The molecule has 0 bridgehead atoms. The highest BCUT2D eigenvalue weighted by Crippen LogP contribution is 2.32. The molecule has 1 atom stereocenters. The average molecular weight is 475 g/mol. The van der Waals surface area contributed by atoms with E-state index in [1.807, 2.05) is 65.4 Å². The van der Waals surface area contributed by atoms with Gasteiger partial charge in [-0.1, -0.05) is 49.6 Å². The molecule has 3 aliphatic rings. The molecular weight excluding hydrogens is 440 g/mol. The standard InChI is InChI=1S/C28H34N4O3/c1-31(22-11-6-3-7-12-22)26(33)13-8-16-35-23-14-15-24-21(18-23)19-32-25(27(34)30-28(32)29-24)17-20-9-4-2-5-10-20/h2,4-5,9-10,14-15,18,22,25H,3,6-8,11-13,16-17,19H2,1H3,(H,29,30,34)/t25-/m1/s1. The normalized spacial score (nSPS) is 19.5. The van der Waals surface area contributed by atoms with Gasteiger partial charge in [0.2, 0.25) is 17.8 Å². The Morgan fingerprint density at radius 2 is 1.94 bits per heavy atom. The lowest BCUT2D eigenvalue weighted by Crippen LogP contribution is -2.38. The van der Waals surface area contributed by atoms with Crippen LogP contribution in [0.15, 0.2) is 53.5 Å². The van der Waals surface area contributed by atoms with Crippen molar-refractivity contribution >= 4 is 23.5 Å². The van der Waals surface area contributed by atoms with Crippen molar-refractivity contribution in [3.8, 4) is 5.75 Å². The maximum Gasteiger partial charge on any atom is 0.249 e. The number of nitrogens with one attached hydrogen (secondary N) is 1. The number of aliphatic imine (C=N–C) groups is 1. The molecule has 0 aromatic heterocycles. The van der Waals surface area contributed by atoms with E-state index in [1.54, 1.807) is 0 Å². The summed E-state index contributed by atoms with van der Waals surface area (Å²) >= 11 is 0. The summed E-state index contributed by atoms with van der Waals surface area (Å²) in [5.74, 6) is 1.59. The number of ether oxygens (including phenoxy) is 1. The average Bonchev–Trinajstić information content (AvgIpc) is 3.19. The Hall–Kier alpha value is -3.35. The van der Waals surface area contributed by atoms with Crippen LogP contribution in [-0.4, -0.2) is 53.3 Å². The van der Waals surface area contributed by atoms with Crippen molar-refractivity contribution in [1.82, 2.24) is 15.1 Å². The number of nitrogens with zero attached hydrogens (tertiary/aromatic N) is 3.